The molecule has 1 aliphatic heterocycles. The van der Waals surface area contributed by atoms with Crippen LogP contribution in [-0.4, -0.2) is 42.4 Å². The zero-order valence-corrected chi connectivity index (χ0v) is 14.0. The molecule has 0 saturated carbocycles. The molecule has 2 atom stereocenters. The van der Waals surface area contributed by atoms with E-state index in [0.29, 0.717) is 30.0 Å². The Hall–Kier alpha value is -2.86. The largest absolute Gasteiger partial charge is 0.457 e. The molecule has 1 fully saturated rings. The molecule has 0 spiro atoms. The molecule has 3 rings (SSSR count). The molecule has 25 heavy (non-hydrogen) atoms. The van der Waals surface area contributed by atoms with Crippen LogP contribution in [0.4, 0.5) is 0 Å². The van der Waals surface area contributed by atoms with E-state index in [1.807, 2.05) is 30.3 Å². The van der Waals surface area contributed by atoms with E-state index in [0.717, 1.165) is 0 Å². The maximum atomic E-state index is 13.0. The van der Waals surface area contributed by atoms with E-state index in [9.17, 15) is 9.59 Å². The fraction of sp³-hybridized carbons (Fsp3) is 0.263. The quantitative estimate of drug-likeness (QED) is 0.889. The third kappa shape index (κ3) is 3.64. The topological polar surface area (TPSA) is 84.7 Å². The molecule has 2 aromatic rings. The van der Waals surface area contributed by atoms with Crippen LogP contribution in [0.25, 0.3) is 0 Å². The Balaban J connectivity index is 1.88. The summed E-state index contributed by atoms with van der Waals surface area (Å²) in [6, 6.07) is 15.5. The number of likely N-dealkylation sites (N-methyl/N-ethyl adjacent to an activating group) is 1. The molecule has 0 radical (unpaired) electrons. The summed E-state index contributed by atoms with van der Waals surface area (Å²) in [4.78, 5) is 26.7. The Labute approximate surface area is 146 Å². The van der Waals surface area contributed by atoms with Crippen LogP contribution in [0.3, 0.4) is 0 Å². The minimum atomic E-state index is -0.558. The molecule has 1 heterocycles. The molecule has 1 aliphatic rings. The van der Waals surface area contributed by atoms with E-state index in [4.69, 9.17) is 10.5 Å². The average Bonchev–Trinajstić information content (AvgIpc) is 3.03. The molecular formula is C19H21N3O3. The molecule has 1 saturated heterocycles. The molecule has 6 nitrogen and oxygen atoms in total. The van der Waals surface area contributed by atoms with Crippen molar-refractivity contribution in [2.24, 2.45) is 5.73 Å². The first-order valence-corrected chi connectivity index (χ1v) is 8.20. The lowest BCUT2D eigenvalue weighted by atomic mass is 10.1. The van der Waals surface area contributed by atoms with E-state index in [1.165, 1.54) is 4.90 Å². The summed E-state index contributed by atoms with van der Waals surface area (Å²) in [5.41, 5.74) is 6.39. The van der Waals surface area contributed by atoms with E-state index in [1.54, 1.807) is 31.3 Å². The third-order valence-corrected chi connectivity index (χ3v) is 4.23. The van der Waals surface area contributed by atoms with Crippen LogP contribution in [0.15, 0.2) is 54.6 Å². The highest BCUT2D eigenvalue weighted by atomic mass is 16.5. The van der Waals surface area contributed by atoms with Crippen LogP contribution in [0.5, 0.6) is 11.5 Å². The van der Waals surface area contributed by atoms with Gasteiger partial charge in [0.1, 0.15) is 17.5 Å². The Morgan fingerprint density at radius 2 is 1.80 bits per heavy atom. The second-order valence-electron chi connectivity index (χ2n) is 5.99. The van der Waals surface area contributed by atoms with E-state index < -0.39 is 6.04 Å². The molecule has 130 valence electrons. The summed E-state index contributed by atoms with van der Waals surface area (Å²) in [6.45, 7) is 0.344. The molecule has 6 heteroatoms. The molecule has 3 N–H and O–H groups in total. The predicted octanol–water partition coefficient (Wildman–Crippen LogP) is 1.77. The van der Waals surface area contributed by atoms with Gasteiger partial charge in [-0.15, -0.1) is 0 Å². The number of para-hydroxylation sites is 2. The molecule has 0 bridgehead atoms. The lowest BCUT2D eigenvalue weighted by molar-refractivity contribution is -0.124. The zero-order chi connectivity index (χ0) is 17.8. The Bertz CT molecular complexity index is 764. The number of carbonyl (C=O) groups excluding carboxylic acids is 2. The van der Waals surface area contributed by atoms with Gasteiger partial charge in [-0.1, -0.05) is 30.3 Å². The van der Waals surface area contributed by atoms with Crippen molar-refractivity contribution < 1.29 is 14.3 Å². The van der Waals surface area contributed by atoms with Gasteiger partial charge in [0, 0.05) is 19.6 Å². The smallest absolute Gasteiger partial charge is 0.258 e. The molecular weight excluding hydrogens is 318 g/mol. The predicted molar refractivity (Wildman–Crippen MR) is 94.4 cm³/mol. The summed E-state index contributed by atoms with van der Waals surface area (Å²) in [6.07, 6.45) is 0.452. The van der Waals surface area contributed by atoms with Crippen LogP contribution in [0.1, 0.15) is 16.8 Å². The zero-order valence-electron chi connectivity index (χ0n) is 14.0. The average molecular weight is 339 g/mol. The van der Waals surface area contributed by atoms with Crippen LogP contribution in [0, 0.1) is 0 Å². The SMILES string of the molecule is CNC(=O)[C@@H]1C[C@H](N)CN1C(=O)c1ccccc1Oc1ccccc1. The van der Waals surface area contributed by atoms with Gasteiger partial charge in [-0.2, -0.15) is 0 Å². The number of likely N-dealkylation sites (tertiary alicyclic amines) is 1. The van der Waals surface area contributed by atoms with Gasteiger partial charge in [0.25, 0.3) is 5.91 Å². The summed E-state index contributed by atoms with van der Waals surface area (Å²) >= 11 is 0. The standard InChI is InChI=1S/C19H21N3O3/c1-21-18(23)16-11-13(20)12-22(16)19(24)15-9-5-6-10-17(15)25-14-7-3-2-4-8-14/h2-10,13,16H,11-12,20H2,1H3,(H,21,23)/t13-,16-/m0/s1. The Morgan fingerprint density at radius 1 is 1.12 bits per heavy atom. The van der Waals surface area contributed by atoms with Crippen molar-refractivity contribution in [2.75, 3.05) is 13.6 Å². The minimum Gasteiger partial charge on any atom is -0.457 e. The Morgan fingerprint density at radius 3 is 2.52 bits per heavy atom. The minimum absolute atomic E-state index is 0.206. The first-order valence-electron chi connectivity index (χ1n) is 8.20. The van der Waals surface area contributed by atoms with Crippen molar-refractivity contribution in [1.29, 1.82) is 0 Å². The maximum Gasteiger partial charge on any atom is 0.258 e. The lowest BCUT2D eigenvalue weighted by Gasteiger charge is -2.24. The number of hydrogen-bond acceptors (Lipinski definition) is 4. The van der Waals surface area contributed by atoms with Crippen molar-refractivity contribution in [3.63, 3.8) is 0 Å². The second kappa shape index (κ2) is 7.36. The number of amides is 2. The number of benzene rings is 2. The number of rotatable bonds is 4. The monoisotopic (exact) mass is 339 g/mol. The highest BCUT2D eigenvalue weighted by Crippen LogP contribution is 2.28. The van der Waals surface area contributed by atoms with Gasteiger partial charge in [-0.3, -0.25) is 9.59 Å². The number of nitrogens with one attached hydrogen (secondary N) is 1. The fourth-order valence-corrected chi connectivity index (χ4v) is 3.01. The first-order chi connectivity index (χ1) is 12.1. The van der Waals surface area contributed by atoms with Gasteiger partial charge in [0.05, 0.1) is 5.56 Å². The van der Waals surface area contributed by atoms with Crippen molar-refractivity contribution in [2.45, 2.75) is 18.5 Å². The molecule has 2 aromatic carbocycles. The third-order valence-electron chi connectivity index (χ3n) is 4.23. The lowest BCUT2D eigenvalue weighted by Crippen LogP contribution is -2.45. The number of ether oxygens (including phenoxy) is 1. The Kier molecular flexibility index (Phi) is 5.00. The summed E-state index contributed by atoms with van der Waals surface area (Å²) in [5, 5.41) is 2.60. The van der Waals surface area contributed by atoms with E-state index in [2.05, 4.69) is 5.32 Å². The van der Waals surface area contributed by atoms with Crippen LogP contribution in [-0.2, 0) is 4.79 Å². The van der Waals surface area contributed by atoms with Gasteiger partial charge in [-0.25, -0.2) is 0 Å². The van der Waals surface area contributed by atoms with E-state index >= 15 is 0 Å². The van der Waals surface area contributed by atoms with Gasteiger partial charge in [-0.05, 0) is 30.7 Å². The molecule has 0 aliphatic carbocycles. The highest BCUT2D eigenvalue weighted by Gasteiger charge is 2.38. The fourth-order valence-electron chi connectivity index (χ4n) is 3.01. The molecule has 0 unspecified atom stereocenters. The summed E-state index contributed by atoms with van der Waals surface area (Å²) in [7, 11) is 1.56. The number of nitrogens with two attached hydrogens (primary N) is 1. The second-order valence-corrected chi connectivity index (χ2v) is 5.99. The van der Waals surface area contributed by atoms with Crippen molar-refractivity contribution in [3.05, 3.63) is 60.2 Å². The first kappa shape index (κ1) is 17.0. The van der Waals surface area contributed by atoms with Gasteiger partial charge < -0.3 is 20.7 Å². The van der Waals surface area contributed by atoms with Crippen molar-refractivity contribution >= 4 is 11.8 Å². The van der Waals surface area contributed by atoms with Gasteiger partial charge in [0.15, 0.2) is 0 Å². The maximum absolute atomic E-state index is 13.0. The number of carbonyl (C=O) groups is 2. The summed E-state index contributed by atoms with van der Waals surface area (Å²) in [5.74, 6) is 0.634. The summed E-state index contributed by atoms with van der Waals surface area (Å²) < 4.78 is 5.86. The van der Waals surface area contributed by atoms with Crippen LogP contribution < -0.4 is 15.8 Å². The van der Waals surface area contributed by atoms with Gasteiger partial charge >= 0.3 is 0 Å². The van der Waals surface area contributed by atoms with Gasteiger partial charge in [0.2, 0.25) is 5.91 Å². The van der Waals surface area contributed by atoms with Crippen LogP contribution in [0.2, 0.25) is 0 Å². The highest BCUT2D eigenvalue weighted by molar-refractivity contribution is 6.00. The number of hydrogen-bond donors (Lipinski definition) is 2. The van der Waals surface area contributed by atoms with E-state index in [-0.39, 0.29) is 17.9 Å². The van der Waals surface area contributed by atoms with Crippen LogP contribution >= 0.6 is 0 Å². The normalized spacial score (nSPS) is 19.5. The number of nitrogens with zero attached hydrogens (tertiary/aromatic N) is 1. The molecule has 0 aromatic heterocycles. The van der Waals surface area contributed by atoms with Crippen molar-refractivity contribution in [3.8, 4) is 11.5 Å². The van der Waals surface area contributed by atoms with Crippen molar-refractivity contribution in [1.82, 2.24) is 10.2 Å². The molecule has 2 amide bonds.